The molecule has 1 aliphatic rings. The number of rotatable bonds is 1. The molecule has 1 atom stereocenters. The lowest BCUT2D eigenvalue weighted by atomic mass is 10.1. The molecule has 1 aliphatic heterocycles. The second-order valence-corrected chi connectivity index (χ2v) is 3.07. The lowest BCUT2D eigenvalue weighted by Crippen LogP contribution is -2.24. The van der Waals surface area contributed by atoms with Crippen LogP contribution >= 0.6 is 0 Å². The average molecular weight is 182 g/mol. The van der Waals surface area contributed by atoms with Gasteiger partial charge in [0.1, 0.15) is 11.6 Å². The fourth-order valence-corrected chi connectivity index (χ4v) is 1.50. The number of methoxy groups -OCH3 is 1. The highest BCUT2D eigenvalue weighted by Crippen LogP contribution is 2.28. The maximum absolute atomic E-state index is 12.8. The Morgan fingerprint density at radius 3 is 3.15 bits per heavy atom. The van der Waals surface area contributed by atoms with E-state index in [4.69, 9.17) is 9.47 Å². The van der Waals surface area contributed by atoms with Crippen molar-refractivity contribution in [2.24, 2.45) is 0 Å². The first-order valence-corrected chi connectivity index (χ1v) is 4.27. The number of hydrogen-bond donors (Lipinski definition) is 0. The van der Waals surface area contributed by atoms with Crippen LogP contribution in [-0.4, -0.2) is 13.4 Å². The normalized spacial score (nSPS) is 20.6. The van der Waals surface area contributed by atoms with E-state index in [1.165, 1.54) is 12.1 Å². The van der Waals surface area contributed by atoms with Gasteiger partial charge in [0.25, 0.3) is 0 Å². The van der Waals surface area contributed by atoms with Crippen LogP contribution in [0.25, 0.3) is 0 Å². The number of ether oxygens (including phenoxy) is 2. The molecule has 2 nitrogen and oxygen atoms in total. The number of halogens is 1. The van der Waals surface area contributed by atoms with Crippen LogP contribution in [0.2, 0.25) is 0 Å². The second-order valence-electron chi connectivity index (χ2n) is 3.07. The van der Waals surface area contributed by atoms with Crippen molar-refractivity contribution in [3.63, 3.8) is 0 Å². The largest absolute Gasteiger partial charge is 0.465 e. The molecule has 0 aliphatic carbocycles. The van der Waals surface area contributed by atoms with Crippen LogP contribution in [0.4, 0.5) is 4.39 Å². The van der Waals surface area contributed by atoms with Gasteiger partial charge in [-0.2, -0.15) is 0 Å². The summed E-state index contributed by atoms with van der Waals surface area (Å²) in [5.41, 5.74) is 0.924. The summed E-state index contributed by atoms with van der Waals surface area (Å²) < 4.78 is 23.3. The zero-order valence-corrected chi connectivity index (χ0v) is 7.42. The third kappa shape index (κ3) is 1.65. The molecule has 0 spiro atoms. The molecule has 13 heavy (non-hydrogen) atoms. The highest BCUT2D eigenvalue weighted by molar-refractivity contribution is 5.35. The Kier molecular flexibility index (Phi) is 2.19. The zero-order valence-electron chi connectivity index (χ0n) is 7.42. The van der Waals surface area contributed by atoms with Gasteiger partial charge in [0, 0.05) is 13.5 Å². The lowest BCUT2D eigenvalue weighted by molar-refractivity contribution is -0.0654. The Bertz CT molecular complexity index is 312. The molecule has 70 valence electrons. The van der Waals surface area contributed by atoms with Gasteiger partial charge in [-0.3, -0.25) is 0 Å². The molecule has 0 aromatic heterocycles. The summed E-state index contributed by atoms with van der Waals surface area (Å²) in [6.07, 6.45) is 1.41. The van der Waals surface area contributed by atoms with E-state index in [0.29, 0.717) is 0 Å². The monoisotopic (exact) mass is 182 g/mol. The van der Waals surface area contributed by atoms with Gasteiger partial charge in [0.15, 0.2) is 6.29 Å². The molecule has 3 heteroatoms. The van der Waals surface area contributed by atoms with E-state index in [-0.39, 0.29) is 12.1 Å². The van der Waals surface area contributed by atoms with E-state index in [9.17, 15) is 4.39 Å². The van der Waals surface area contributed by atoms with E-state index < -0.39 is 0 Å². The third-order valence-electron chi connectivity index (χ3n) is 2.19. The Morgan fingerprint density at radius 1 is 1.54 bits per heavy atom. The second kappa shape index (κ2) is 3.34. The van der Waals surface area contributed by atoms with E-state index in [1.54, 1.807) is 13.2 Å². The van der Waals surface area contributed by atoms with Crippen molar-refractivity contribution in [3.05, 3.63) is 29.6 Å². The molecule has 0 saturated heterocycles. The Labute approximate surface area is 76.3 Å². The zero-order chi connectivity index (χ0) is 9.26. The molecule has 0 N–H and O–H groups in total. The first kappa shape index (κ1) is 8.51. The van der Waals surface area contributed by atoms with E-state index in [1.807, 2.05) is 0 Å². The standard InChI is InChI=1S/C10H11FO2/c1-12-10-5-2-7-6-8(11)3-4-9(7)13-10/h3-4,6,10H,2,5H2,1H3. The first-order valence-electron chi connectivity index (χ1n) is 4.27. The maximum Gasteiger partial charge on any atom is 0.199 e. The molecule has 0 radical (unpaired) electrons. The molecule has 1 aromatic carbocycles. The van der Waals surface area contributed by atoms with Crippen molar-refractivity contribution >= 4 is 0 Å². The summed E-state index contributed by atoms with van der Waals surface area (Å²) in [6, 6.07) is 4.56. The molecule has 1 aromatic rings. The van der Waals surface area contributed by atoms with Crippen molar-refractivity contribution in [2.45, 2.75) is 19.1 Å². The van der Waals surface area contributed by atoms with Crippen molar-refractivity contribution in [3.8, 4) is 5.75 Å². The van der Waals surface area contributed by atoms with E-state index >= 15 is 0 Å². The van der Waals surface area contributed by atoms with Crippen LogP contribution in [0, 0.1) is 5.82 Å². The first-order chi connectivity index (χ1) is 6.29. The fraction of sp³-hybridized carbons (Fsp3) is 0.400. The van der Waals surface area contributed by atoms with E-state index in [0.717, 1.165) is 24.2 Å². The van der Waals surface area contributed by atoms with Crippen LogP contribution in [0.3, 0.4) is 0 Å². The fourth-order valence-electron chi connectivity index (χ4n) is 1.50. The molecule has 1 unspecified atom stereocenters. The van der Waals surface area contributed by atoms with Gasteiger partial charge in [-0.1, -0.05) is 0 Å². The summed E-state index contributed by atoms with van der Waals surface area (Å²) in [4.78, 5) is 0. The number of aryl methyl sites for hydroxylation is 1. The predicted molar refractivity (Wildman–Crippen MR) is 46.1 cm³/mol. The van der Waals surface area contributed by atoms with Crippen molar-refractivity contribution in [1.29, 1.82) is 0 Å². The summed E-state index contributed by atoms with van der Waals surface area (Å²) in [6.45, 7) is 0. The summed E-state index contributed by atoms with van der Waals surface area (Å²) in [5, 5.41) is 0. The summed E-state index contributed by atoms with van der Waals surface area (Å²) in [7, 11) is 1.61. The minimum Gasteiger partial charge on any atom is -0.465 e. The molecule has 0 bridgehead atoms. The minimum atomic E-state index is -0.210. The van der Waals surface area contributed by atoms with Gasteiger partial charge in [-0.25, -0.2) is 4.39 Å². The number of benzene rings is 1. The number of hydrogen-bond acceptors (Lipinski definition) is 2. The highest BCUT2D eigenvalue weighted by atomic mass is 19.1. The summed E-state index contributed by atoms with van der Waals surface area (Å²) >= 11 is 0. The quantitative estimate of drug-likeness (QED) is 0.662. The Morgan fingerprint density at radius 2 is 2.38 bits per heavy atom. The van der Waals surface area contributed by atoms with Gasteiger partial charge in [-0.15, -0.1) is 0 Å². The molecule has 0 saturated carbocycles. The smallest absolute Gasteiger partial charge is 0.199 e. The van der Waals surface area contributed by atoms with Crippen LogP contribution in [-0.2, 0) is 11.2 Å². The maximum atomic E-state index is 12.8. The number of fused-ring (bicyclic) bond motifs is 1. The van der Waals surface area contributed by atoms with Gasteiger partial charge in [-0.05, 0) is 30.2 Å². The Hall–Kier alpha value is -1.09. The van der Waals surface area contributed by atoms with Crippen LogP contribution < -0.4 is 4.74 Å². The molecule has 1 heterocycles. The van der Waals surface area contributed by atoms with Gasteiger partial charge >= 0.3 is 0 Å². The minimum absolute atomic E-state index is 0.182. The molecular formula is C10H11FO2. The highest BCUT2D eigenvalue weighted by Gasteiger charge is 2.18. The molecule has 0 fully saturated rings. The van der Waals surface area contributed by atoms with E-state index in [2.05, 4.69) is 0 Å². The SMILES string of the molecule is COC1CCc2cc(F)ccc2O1. The van der Waals surface area contributed by atoms with Crippen molar-refractivity contribution in [1.82, 2.24) is 0 Å². The van der Waals surface area contributed by atoms with Crippen molar-refractivity contribution in [2.75, 3.05) is 7.11 Å². The van der Waals surface area contributed by atoms with Crippen LogP contribution in [0.1, 0.15) is 12.0 Å². The average Bonchev–Trinajstić information content (AvgIpc) is 2.17. The van der Waals surface area contributed by atoms with Crippen LogP contribution in [0.5, 0.6) is 5.75 Å². The Balaban J connectivity index is 2.26. The lowest BCUT2D eigenvalue weighted by Gasteiger charge is -2.24. The molecule has 2 rings (SSSR count). The molecular weight excluding hydrogens is 171 g/mol. The van der Waals surface area contributed by atoms with Gasteiger partial charge in [0.05, 0.1) is 0 Å². The van der Waals surface area contributed by atoms with Crippen LogP contribution in [0.15, 0.2) is 18.2 Å². The van der Waals surface area contributed by atoms with Gasteiger partial charge < -0.3 is 9.47 Å². The van der Waals surface area contributed by atoms with Crippen molar-refractivity contribution < 1.29 is 13.9 Å². The third-order valence-corrected chi connectivity index (χ3v) is 2.19. The topological polar surface area (TPSA) is 18.5 Å². The summed E-state index contributed by atoms with van der Waals surface area (Å²) in [5.74, 6) is 0.526. The molecule has 0 amide bonds. The van der Waals surface area contributed by atoms with Gasteiger partial charge in [0.2, 0.25) is 0 Å². The predicted octanol–water partition coefficient (Wildman–Crippen LogP) is 2.12.